The number of aryl methyl sites for hydroxylation is 2. The fraction of sp³-hybridized carbons (Fsp3) is 0.333. The van der Waals surface area contributed by atoms with E-state index in [0.29, 0.717) is 6.61 Å². The van der Waals surface area contributed by atoms with Crippen molar-refractivity contribution in [2.45, 2.75) is 20.4 Å². The predicted molar refractivity (Wildman–Crippen MR) is 82.4 cm³/mol. The Morgan fingerprint density at radius 2 is 2.05 bits per heavy atom. The van der Waals surface area contributed by atoms with Gasteiger partial charge in [0, 0.05) is 18.0 Å². The van der Waals surface area contributed by atoms with E-state index in [1.54, 1.807) is 11.3 Å². The lowest BCUT2D eigenvalue weighted by atomic mass is 10.1. The van der Waals surface area contributed by atoms with Crippen LogP contribution < -0.4 is 10.1 Å². The predicted octanol–water partition coefficient (Wildman–Crippen LogP) is 4.19. The molecule has 19 heavy (non-hydrogen) atoms. The molecule has 0 bridgehead atoms. The Bertz CT molecular complexity index is 539. The molecule has 0 atom stereocenters. The molecule has 0 aliphatic rings. The molecule has 4 heteroatoms. The first kappa shape index (κ1) is 14.4. The molecule has 2 aromatic rings. The molecule has 0 aliphatic heterocycles. The van der Waals surface area contributed by atoms with E-state index in [4.69, 9.17) is 16.3 Å². The third kappa shape index (κ3) is 4.53. The fourth-order valence-electron chi connectivity index (χ4n) is 1.85. The monoisotopic (exact) mass is 295 g/mol. The summed E-state index contributed by atoms with van der Waals surface area (Å²) < 4.78 is 6.59. The minimum atomic E-state index is 0.670. The van der Waals surface area contributed by atoms with Crippen LogP contribution in [0.1, 0.15) is 16.0 Å². The van der Waals surface area contributed by atoms with Crippen molar-refractivity contribution in [1.29, 1.82) is 0 Å². The van der Waals surface area contributed by atoms with Crippen molar-refractivity contribution in [1.82, 2.24) is 5.32 Å². The van der Waals surface area contributed by atoms with E-state index in [-0.39, 0.29) is 0 Å². The van der Waals surface area contributed by atoms with Gasteiger partial charge in [0.15, 0.2) is 0 Å². The maximum absolute atomic E-state index is 5.88. The molecule has 1 N–H and O–H groups in total. The Morgan fingerprint density at radius 1 is 1.21 bits per heavy atom. The van der Waals surface area contributed by atoms with E-state index < -0.39 is 0 Å². The van der Waals surface area contributed by atoms with Crippen LogP contribution in [-0.2, 0) is 6.54 Å². The lowest BCUT2D eigenvalue weighted by molar-refractivity contribution is 0.312. The molecule has 1 aromatic carbocycles. The number of nitrogens with one attached hydrogen (secondary N) is 1. The van der Waals surface area contributed by atoms with E-state index >= 15 is 0 Å². The van der Waals surface area contributed by atoms with Gasteiger partial charge in [-0.25, -0.2) is 0 Å². The summed E-state index contributed by atoms with van der Waals surface area (Å²) in [5.41, 5.74) is 2.45. The molecular weight excluding hydrogens is 278 g/mol. The van der Waals surface area contributed by atoms with Crippen LogP contribution >= 0.6 is 22.9 Å². The molecule has 102 valence electrons. The first-order valence-corrected chi connectivity index (χ1v) is 7.49. The zero-order valence-corrected chi connectivity index (χ0v) is 12.8. The van der Waals surface area contributed by atoms with Gasteiger partial charge in [-0.15, -0.1) is 11.3 Å². The molecule has 2 rings (SSSR count). The van der Waals surface area contributed by atoms with Crippen LogP contribution in [0.25, 0.3) is 0 Å². The molecule has 1 aromatic heterocycles. The molecule has 0 unspecified atom stereocenters. The Balaban J connectivity index is 1.69. The molecular formula is C15H18ClNOS. The number of halogens is 1. The van der Waals surface area contributed by atoms with Crippen molar-refractivity contribution >= 4 is 22.9 Å². The quantitative estimate of drug-likeness (QED) is 0.807. The van der Waals surface area contributed by atoms with Gasteiger partial charge in [0.25, 0.3) is 0 Å². The second-order valence-electron chi connectivity index (χ2n) is 4.50. The highest BCUT2D eigenvalue weighted by Crippen LogP contribution is 2.21. The maximum atomic E-state index is 5.88. The van der Waals surface area contributed by atoms with E-state index in [0.717, 1.165) is 23.2 Å². The van der Waals surface area contributed by atoms with Crippen LogP contribution in [-0.4, -0.2) is 13.2 Å². The lowest BCUT2D eigenvalue weighted by Gasteiger charge is -2.10. The minimum absolute atomic E-state index is 0.670. The Hall–Kier alpha value is -1.03. The minimum Gasteiger partial charge on any atom is -0.492 e. The molecule has 0 spiro atoms. The fourth-order valence-corrected chi connectivity index (χ4v) is 2.91. The van der Waals surface area contributed by atoms with E-state index in [2.05, 4.69) is 31.3 Å². The van der Waals surface area contributed by atoms with Gasteiger partial charge in [-0.2, -0.15) is 0 Å². The first-order chi connectivity index (χ1) is 9.15. The molecule has 0 radical (unpaired) electrons. The zero-order valence-electron chi connectivity index (χ0n) is 11.2. The Kier molecular flexibility index (Phi) is 5.25. The van der Waals surface area contributed by atoms with Crippen LogP contribution in [0.4, 0.5) is 0 Å². The van der Waals surface area contributed by atoms with Crippen molar-refractivity contribution in [2.24, 2.45) is 0 Å². The van der Waals surface area contributed by atoms with Crippen molar-refractivity contribution in [3.05, 3.63) is 50.7 Å². The van der Waals surface area contributed by atoms with Gasteiger partial charge in [-0.05, 0) is 37.6 Å². The third-order valence-electron chi connectivity index (χ3n) is 2.79. The normalized spacial score (nSPS) is 10.7. The lowest BCUT2D eigenvalue weighted by Crippen LogP contribution is -2.20. The van der Waals surface area contributed by atoms with E-state index in [1.807, 2.05) is 18.2 Å². The zero-order chi connectivity index (χ0) is 13.7. The topological polar surface area (TPSA) is 21.3 Å². The SMILES string of the molecule is Cc1ccc(OCCNCc2ccc(Cl)s2)c(C)c1. The Morgan fingerprint density at radius 3 is 2.74 bits per heavy atom. The number of benzene rings is 1. The molecule has 0 aliphatic carbocycles. The largest absolute Gasteiger partial charge is 0.492 e. The molecule has 0 saturated heterocycles. The number of hydrogen-bond donors (Lipinski definition) is 1. The van der Waals surface area contributed by atoms with Gasteiger partial charge in [0.05, 0.1) is 4.34 Å². The first-order valence-electron chi connectivity index (χ1n) is 6.30. The van der Waals surface area contributed by atoms with Crippen LogP contribution in [0.2, 0.25) is 4.34 Å². The second-order valence-corrected chi connectivity index (χ2v) is 6.30. The summed E-state index contributed by atoms with van der Waals surface area (Å²) in [6.45, 7) is 6.49. The number of thiophene rings is 1. The van der Waals surface area contributed by atoms with Crippen LogP contribution in [0.15, 0.2) is 30.3 Å². The van der Waals surface area contributed by atoms with Gasteiger partial charge >= 0.3 is 0 Å². The van der Waals surface area contributed by atoms with Crippen molar-refractivity contribution in [2.75, 3.05) is 13.2 Å². The smallest absolute Gasteiger partial charge is 0.122 e. The van der Waals surface area contributed by atoms with Gasteiger partial charge in [0.1, 0.15) is 12.4 Å². The number of ether oxygens (including phenoxy) is 1. The van der Waals surface area contributed by atoms with Crippen LogP contribution in [0.5, 0.6) is 5.75 Å². The summed E-state index contributed by atoms with van der Waals surface area (Å²) in [7, 11) is 0. The highest BCUT2D eigenvalue weighted by Gasteiger charge is 2.00. The maximum Gasteiger partial charge on any atom is 0.122 e. The summed E-state index contributed by atoms with van der Waals surface area (Å²) >= 11 is 7.49. The summed E-state index contributed by atoms with van der Waals surface area (Å²) in [6.07, 6.45) is 0. The Labute approximate surface area is 123 Å². The summed E-state index contributed by atoms with van der Waals surface area (Å²) in [5, 5.41) is 3.34. The second kappa shape index (κ2) is 6.94. The molecule has 0 saturated carbocycles. The molecule has 0 fully saturated rings. The summed E-state index contributed by atoms with van der Waals surface area (Å²) in [4.78, 5) is 1.25. The number of rotatable bonds is 6. The average molecular weight is 296 g/mol. The van der Waals surface area contributed by atoms with E-state index in [1.165, 1.54) is 16.0 Å². The van der Waals surface area contributed by atoms with Crippen LogP contribution in [0.3, 0.4) is 0 Å². The van der Waals surface area contributed by atoms with Gasteiger partial charge in [-0.3, -0.25) is 0 Å². The van der Waals surface area contributed by atoms with Crippen molar-refractivity contribution in [3.63, 3.8) is 0 Å². The van der Waals surface area contributed by atoms with E-state index in [9.17, 15) is 0 Å². The average Bonchev–Trinajstić information content (AvgIpc) is 2.77. The van der Waals surface area contributed by atoms with Crippen molar-refractivity contribution in [3.8, 4) is 5.75 Å². The van der Waals surface area contributed by atoms with Gasteiger partial charge in [-0.1, -0.05) is 29.3 Å². The third-order valence-corrected chi connectivity index (χ3v) is 4.03. The molecule has 2 nitrogen and oxygen atoms in total. The standard InChI is InChI=1S/C15H18ClNOS/c1-11-3-5-14(12(2)9-11)18-8-7-17-10-13-4-6-15(16)19-13/h3-6,9,17H,7-8,10H2,1-2H3. The van der Waals surface area contributed by atoms with Crippen molar-refractivity contribution < 1.29 is 4.74 Å². The highest BCUT2D eigenvalue weighted by molar-refractivity contribution is 7.16. The summed E-state index contributed by atoms with van der Waals surface area (Å²) in [6, 6.07) is 10.2. The van der Waals surface area contributed by atoms with Gasteiger partial charge < -0.3 is 10.1 Å². The molecule has 0 amide bonds. The van der Waals surface area contributed by atoms with Crippen LogP contribution in [0, 0.1) is 13.8 Å². The number of hydrogen-bond acceptors (Lipinski definition) is 3. The highest BCUT2D eigenvalue weighted by atomic mass is 35.5. The molecule has 1 heterocycles. The van der Waals surface area contributed by atoms with Gasteiger partial charge in [0.2, 0.25) is 0 Å². The summed E-state index contributed by atoms with van der Waals surface area (Å²) in [5.74, 6) is 0.964.